The van der Waals surface area contributed by atoms with Crippen LogP contribution in [0.1, 0.15) is 63.7 Å². The number of imidazole rings is 1. The summed E-state index contributed by atoms with van der Waals surface area (Å²) in [5.74, 6) is 0.800. The molecule has 6 nitrogen and oxygen atoms in total. The van der Waals surface area contributed by atoms with Crippen molar-refractivity contribution in [2.75, 3.05) is 5.73 Å². The standard InChI is InChI=1S/C16H19FN6.C2H6/c1-8(2)13-14-16(22-10(4)21-13)23(7-20-14)9(3)12-5-11(17)6-19-15(12)18;1-2/h5-9H,1-4H3,(H2,18,19);1-2H3. The third kappa shape index (κ3) is 3.60. The maximum atomic E-state index is 13.5. The number of fused-ring (bicyclic) bond motifs is 1. The lowest BCUT2D eigenvalue weighted by Gasteiger charge is -2.16. The summed E-state index contributed by atoms with van der Waals surface area (Å²) < 4.78 is 15.4. The van der Waals surface area contributed by atoms with E-state index < -0.39 is 5.82 Å². The lowest BCUT2D eigenvalue weighted by molar-refractivity contribution is 0.602. The number of hydrogen-bond donors (Lipinski definition) is 1. The molecule has 1 atom stereocenters. The molecule has 0 aromatic carbocycles. The molecule has 0 saturated carbocycles. The number of aryl methyl sites for hydroxylation is 1. The van der Waals surface area contributed by atoms with Crippen LogP contribution in [-0.2, 0) is 0 Å². The zero-order chi connectivity index (χ0) is 18.7. The Balaban J connectivity index is 0.00000109. The van der Waals surface area contributed by atoms with Crippen molar-refractivity contribution < 1.29 is 4.39 Å². The van der Waals surface area contributed by atoms with Crippen LogP contribution in [0, 0.1) is 12.7 Å². The smallest absolute Gasteiger partial charge is 0.164 e. The monoisotopic (exact) mass is 344 g/mol. The highest BCUT2D eigenvalue weighted by atomic mass is 19.1. The van der Waals surface area contributed by atoms with Gasteiger partial charge in [-0.2, -0.15) is 0 Å². The largest absolute Gasteiger partial charge is 0.383 e. The molecule has 0 radical (unpaired) electrons. The molecular formula is C18H25FN6. The highest BCUT2D eigenvalue weighted by molar-refractivity contribution is 5.74. The minimum Gasteiger partial charge on any atom is -0.383 e. The summed E-state index contributed by atoms with van der Waals surface area (Å²) in [5, 5.41) is 0. The number of halogens is 1. The minimum absolute atomic E-state index is 0.235. The Morgan fingerprint density at radius 3 is 2.44 bits per heavy atom. The number of aromatic nitrogens is 5. The summed E-state index contributed by atoms with van der Waals surface area (Å²) in [5.41, 5.74) is 8.90. The molecule has 3 rings (SSSR count). The van der Waals surface area contributed by atoms with Crippen LogP contribution < -0.4 is 5.73 Å². The molecule has 1 unspecified atom stereocenters. The van der Waals surface area contributed by atoms with Crippen LogP contribution in [0.25, 0.3) is 11.2 Å². The van der Waals surface area contributed by atoms with Gasteiger partial charge in [-0.1, -0.05) is 27.7 Å². The molecule has 3 heterocycles. The molecule has 3 aromatic heterocycles. The van der Waals surface area contributed by atoms with E-state index in [0.29, 0.717) is 17.2 Å². The molecule has 0 saturated heterocycles. The SMILES string of the molecule is CC.Cc1nc(C(C)C)c2ncn(C(C)c3cc(F)cnc3N)c2n1. The average Bonchev–Trinajstić information content (AvgIpc) is 3.01. The highest BCUT2D eigenvalue weighted by Crippen LogP contribution is 2.28. The van der Waals surface area contributed by atoms with Crippen LogP contribution in [0.4, 0.5) is 10.2 Å². The molecule has 0 spiro atoms. The molecule has 0 bridgehead atoms. The Hall–Kier alpha value is -2.57. The molecule has 0 aliphatic heterocycles. The number of nitrogens with zero attached hydrogens (tertiary/aromatic N) is 5. The number of rotatable bonds is 3. The van der Waals surface area contributed by atoms with Crippen molar-refractivity contribution in [3.63, 3.8) is 0 Å². The third-order valence-corrected chi connectivity index (χ3v) is 3.89. The van der Waals surface area contributed by atoms with Crippen LogP contribution in [0.5, 0.6) is 0 Å². The predicted molar refractivity (Wildman–Crippen MR) is 97.9 cm³/mol. The van der Waals surface area contributed by atoms with Crippen molar-refractivity contribution in [3.8, 4) is 0 Å². The van der Waals surface area contributed by atoms with E-state index >= 15 is 0 Å². The lowest BCUT2D eigenvalue weighted by atomic mass is 10.1. The third-order valence-electron chi connectivity index (χ3n) is 3.89. The van der Waals surface area contributed by atoms with Crippen molar-refractivity contribution in [2.24, 2.45) is 0 Å². The van der Waals surface area contributed by atoms with Crippen molar-refractivity contribution in [1.29, 1.82) is 0 Å². The first-order chi connectivity index (χ1) is 11.9. The molecule has 3 aromatic rings. The van der Waals surface area contributed by atoms with Gasteiger partial charge in [0.1, 0.15) is 23.0 Å². The van der Waals surface area contributed by atoms with Gasteiger partial charge in [-0.25, -0.2) is 24.3 Å². The van der Waals surface area contributed by atoms with Gasteiger partial charge in [-0.3, -0.25) is 0 Å². The van der Waals surface area contributed by atoms with E-state index in [-0.39, 0.29) is 12.0 Å². The minimum atomic E-state index is -0.417. The van der Waals surface area contributed by atoms with Crippen molar-refractivity contribution in [2.45, 2.75) is 53.5 Å². The molecule has 2 N–H and O–H groups in total. The zero-order valence-electron chi connectivity index (χ0n) is 15.6. The Morgan fingerprint density at radius 1 is 1.12 bits per heavy atom. The summed E-state index contributed by atoms with van der Waals surface area (Å²) in [7, 11) is 0. The van der Waals surface area contributed by atoms with E-state index in [4.69, 9.17) is 5.73 Å². The van der Waals surface area contributed by atoms with E-state index in [1.807, 2.05) is 32.3 Å². The molecule has 0 aliphatic carbocycles. The van der Waals surface area contributed by atoms with E-state index in [2.05, 4.69) is 33.8 Å². The summed E-state index contributed by atoms with van der Waals surface area (Å²) in [6.07, 6.45) is 2.81. The number of anilines is 1. The van der Waals surface area contributed by atoms with Gasteiger partial charge < -0.3 is 10.3 Å². The maximum Gasteiger partial charge on any atom is 0.164 e. The quantitative estimate of drug-likeness (QED) is 0.776. The van der Waals surface area contributed by atoms with Crippen LogP contribution in [-0.4, -0.2) is 24.5 Å². The first-order valence-corrected chi connectivity index (χ1v) is 8.50. The van der Waals surface area contributed by atoms with Gasteiger partial charge in [0.15, 0.2) is 5.65 Å². The van der Waals surface area contributed by atoms with Crippen molar-refractivity contribution in [1.82, 2.24) is 24.5 Å². The number of nitrogen functional groups attached to an aromatic ring is 1. The van der Waals surface area contributed by atoms with Gasteiger partial charge in [0.25, 0.3) is 0 Å². The Kier molecular flexibility index (Phi) is 5.66. The second-order valence-corrected chi connectivity index (χ2v) is 5.94. The van der Waals surface area contributed by atoms with Crippen molar-refractivity contribution in [3.05, 3.63) is 41.5 Å². The van der Waals surface area contributed by atoms with Gasteiger partial charge >= 0.3 is 0 Å². The molecule has 0 aliphatic rings. The summed E-state index contributed by atoms with van der Waals surface area (Å²) in [4.78, 5) is 17.4. The Morgan fingerprint density at radius 2 is 1.80 bits per heavy atom. The summed E-state index contributed by atoms with van der Waals surface area (Å²) >= 11 is 0. The topological polar surface area (TPSA) is 82.5 Å². The first-order valence-electron chi connectivity index (χ1n) is 8.50. The van der Waals surface area contributed by atoms with Gasteiger partial charge in [0.2, 0.25) is 0 Å². The van der Waals surface area contributed by atoms with Crippen molar-refractivity contribution >= 4 is 17.0 Å². The van der Waals surface area contributed by atoms with Crippen LogP contribution >= 0.6 is 0 Å². The van der Waals surface area contributed by atoms with Gasteiger partial charge in [0, 0.05) is 5.56 Å². The van der Waals surface area contributed by atoms with Gasteiger partial charge in [-0.05, 0) is 25.8 Å². The Labute approximate surface area is 147 Å². The Bertz CT molecular complexity index is 871. The van der Waals surface area contributed by atoms with Crippen LogP contribution in [0.15, 0.2) is 18.6 Å². The second-order valence-electron chi connectivity index (χ2n) is 5.94. The fraction of sp³-hybridized carbons (Fsp3) is 0.444. The van der Waals surface area contributed by atoms with E-state index in [1.54, 1.807) is 6.33 Å². The number of nitrogens with two attached hydrogens (primary N) is 1. The number of hydrogen-bond acceptors (Lipinski definition) is 5. The van der Waals surface area contributed by atoms with E-state index in [1.165, 1.54) is 6.07 Å². The molecular weight excluding hydrogens is 319 g/mol. The number of pyridine rings is 1. The zero-order valence-corrected chi connectivity index (χ0v) is 15.6. The van der Waals surface area contributed by atoms with Gasteiger partial charge in [-0.15, -0.1) is 0 Å². The van der Waals surface area contributed by atoms with E-state index in [0.717, 1.165) is 23.1 Å². The van der Waals surface area contributed by atoms with E-state index in [9.17, 15) is 4.39 Å². The normalized spacial score (nSPS) is 12.2. The first kappa shape index (κ1) is 18.8. The molecule has 0 fully saturated rings. The maximum absolute atomic E-state index is 13.5. The highest BCUT2D eigenvalue weighted by Gasteiger charge is 2.20. The van der Waals surface area contributed by atoms with Crippen LogP contribution in [0.3, 0.4) is 0 Å². The molecule has 0 amide bonds. The predicted octanol–water partition coefficient (Wildman–Crippen LogP) is 4.01. The summed E-state index contributed by atoms with van der Waals surface area (Å²) in [6, 6.07) is 1.16. The average molecular weight is 344 g/mol. The molecule has 7 heteroatoms. The molecule has 134 valence electrons. The molecule has 25 heavy (non-hydrogen) atoms. The summed E-state index contributed by atoms with van der Waals surface area (Å²) in [6.45, 7) is 11.9. The van der Waals surface area contributed by atoms with Gasteiger partial charge in [0.05, 0.1) is 24.3 Å². The fourth-order valence-corrected chi connectivity index (χ4v) is 2.69. The second kappa shape index (κ2) is 7.55. The lowest BCUT2D eigenvalue weighted by Crippen LogP contribution is -2.11. The van der Waals surface area contributed by atoms with Crippen LogP contribution in [0.2, 0.25) is 0 Å². The fourth-order valence-electron chi connectivity index (χ4n) is 2.69.